The van der Waals surface area contributed by atoms with E-state index in [0.29, 0.717) is 17.4 Å². The van der Waals surface area contributed by atoms with Crippen LogP contribution in [-0.2, 0) is 18.4 Å². The molecule has 0 fully saturated rings. The van der Waals surface area contributed by atoms with E-state index in [1.807, 2.05) is 27.2 Å². The molecule has 9 heteroatoms. The molecule has 3 N–H and O–H groups in total. The zero-order chi connectivity index (χ0) is 62.6. The van der Waals surface area contributed by atoms with E-state index < -0.39 is 20.0 Å². The van der Waals surface area contributed by atoms with E-state index in [2.05, 4.69) is 55.6 Å². The molecular formula is C77H150N2O6P+. The molecule has 0 bridgehead atoms. The highest BCUT2D eigenvalue weighted by molar-refractivity contribution is 7.47. The third-order valence-electron chi connectivity index (χ3n) is 17.5. The van der Waals surface area contributed by atoms with Crippen molar-refractivity contribution in [2.24, 2.45) is 0 Å². The lowest BCUT2D eigenvalue weighted by atomic mass is 10.0. The van der Waals surface area contributed by atoms with Crippen LogP contribution in [0.3, 0.4) is 0 Å². The maximum Gasteiger partial charge on any atom is 0.472 e. The number of likely N-dealkylation sites (N-methyl/N-ethyl adjacent to an activating group) is 1. The van der Waals surface area contributed by atoms with E-state index >= 15 is 0 Å². The average Bonchev–Trinajstić information content (AvgIpc) is 3.70. The fourth-order valence-corrected chi connectivity index (χ4v) is 12.4. The lowest BCUT2D eigenvalue weighted by Gasteiger charge is -2.25. The number of hydrogen-bond donors (Lipinski definition) is 3. The van der Waals surface area contributed by atoms with Crippen molar-refractivity contribution in [1.82, 2.24) is 5.32 Å². The fraction of sp³-hybridized carbons (Fsp3) is 0.883. The van der Waals surface area contributed by atoms with Gasteiger partial charge in [0.05, 0.1) is 39.9 Å². The number of aliphatic hydroxyl groups excluding tert-OH is 1. The molecule has 0 aliphatic carbocycles. The number of nitrogens with zero attached hydrogens (tertiary/aromatic N) is 1. The zero-order valence-corrected chi connectivity index (χ0v) is 59.2. The van der Waals surface area contributed by atoms with Gasteiger partial charge >= 0.3 is 7.82 Å². The van der Waals surface area contributed by atoms with E-state index in [4.69, 9.17) is 9.05 Å². The monoisotopic (exact) mass is 1230 g/mol. The van der Waals surface area contributed by atoms with Crippen molar-refractivity contribution in [3.63, 3.8) is 0 Å². The second-order valence-corrected chi connectivity index (χ2v) is 28.8. The van der Waals surface area contributed by atoms with Crippen LogP contribution >= 0.6 is 7.82 Å². The highest BCUT2D eigenvalue weighted by Gasteiger charge is 2.28. The fourth-order valence-electron chi connectivity index (χ4n) is 11.6. The Labute approximate surface area is 537 Å². The van der Waals surface area contributed by atoms with Crippen LogP contribution in [0.15, 0.2) is 48.6 Å². The molecular weight excluding hydrogens is 1080 g/mol. The number of aliphatic hydroxyl groups is 1. The number of rotatable bonds is 71. The molecule has 86 heavy (non-hydrogen) atoms. The van der Waals surface area contributed by atoms with Crippen LogP contribution in [0.5, 0.6) is 0 Å². The molecule has 0 aromatic rings. The van der Waals surface area contributed by atoms with Crippen LogP contribution in [0.1, 0.15) is 386 Å². The molecule has 508 valence electrons. The molecule has 0 heterocycles. The number of nitrogens with one attached hydrogen (secondary N) is 1. The van der Waals surface area contributed by atoms with Gasteiger partial charge in [0.15, 0.2) is 0 Å². The van der Waals surface area contributed by atoms with Gasteiger partial charge in [-0.05, 0) is 64.2 Å². The summed E-state index contributed by atoms with van der Waals surface area (Å²) < 4.78 is 23.8. The van der Waals surface area contributed by atoms with Crippen molar-refractivity contribution >= 4 is 13.7 Å². The lowest BCUT2D eigenvalue weighted by Crippen LogP contribution is -2.45. The predicted octanol–water partition coefficient (Wildman–Crippen LogP) is 24.6. The Hall–Kier alpha value is -1.54. The smallest absolute Gasteiger partial charge is 0.387 e. The summed E-state index contributed by atoms with van der Waals surface area (Å²) >= 11 is 0. The van der Waals surface area contributed by atoms with Gasteiger partial charge < -0.3 is 19.8 Å². The summed E-state index contributed by atoms with van der Waals surface area (Å²) in [6.45, 7) is 4.84. The largest absolute Gasteiger partial charge is 0.472 e. The van der Waals surface area contributed by atoms with Crippen LogP contribution in [0.4, 0.5) is 0 Å². The summed E-state index contributed by atoms with van der Waals surface area (Å²) in [5, 5.41) is 14.0. The predicted molar refractivity (Wildman–Crippen MR) is 378 cm³/mol. The molecule has 3 unspecified atom stereocenters. The summed E-state index contributed by atoms with van der Waals surface area (Å²) in [4.78, 5) is 23.4. The first-order valence-electron chi connectivity index (χ1n) is 38.0. The molecule has 1 amide bonds. The topological polar surface area (TPSA) is 105 Å². The summed E-state index contributed by atoms with van der Waals surface area (Å²) in [5.41, 5.74) is 0. The first-order valence-corrected chi connectivity index (χ1v) is 39.5. The Bertz CT molecular complexity index is 1540. The summed E-state index contributed by atoms with van der Waals surface area (Å²) in [7, 11) is 1.57. The molecule has 0 aliphatic rings. The van der Waals surface area contributed by atoms with Crippen molar-refractivity contribution in [2.45, 2.75) is 398 Å². The molecule has 0 spiro atoms. The first kappa shape index (κ1) is 84.5. The van der Waals surface area contributed by atoms with Gasteiger partial charge in [-0.3, -0.25) is 13.8 Å². The van der Waals surface area contributed by atoms with Gasteiger partial charge in [0.1, 0.15) is 13.2 Å². The van der Waals surface area contributed by atoms with Crippen LogP contribution in [0.2, 0.25) is 0 Å². The third-order valence-corrected chi connectivity index (χ3v) is 18.5. The Morgan fingerprint density at radius 3 is 1.00 bits per heavy atom. The molecule has 0 radical (unpaired) electrons. The SMILES string of the molecule is CCCCCCC/C=C\C/C=C\CCCCCCCCCCCCCCCCCCCCCCCCCCCCCCCC(=O)NC(COP(=O)(O)OCC[N+](C)(C)C)C(O)/C=C/CC/C=C/CCCCCCCCCCCCCCCCCCC. The highest BCUT2D eigenvalue weighted by Crippen LogP contribution is 2.43. The first-order chi connectivity index (χ1) is 42.0. The van der Waals surface area contributed by atoms with Crippen molar-refractivity contribution < 1.29 is 32.9 Å². The van der Waals surface area contributed by atoms with Crippen molar-refractivity contribution in [3.05, 3.63) is 48.6 Å². The summed E-state index contributed by atoms with van der Waals surface area (Å²) in [5.74, 6) is -0.179. The quantitative estimate of drug-likeness (QED) is 0.0243. The number of allylic oxidation sites excluding steroid dienone is 7. The zero-order valence-electron chi connectivity index (χ0n) is 58.3. The van der Waals surface area contributed by atoms with E-state index in [-0.39, 0.29) is 19.1 Å². The van der Waals surface area contributed by atoms with Gasteiger partial charge in [-0.15, -0.1) is 0 Å². The maximum absolute atomic E-state index is 13.1. The molecule has 0 rings (SSSR count). The number of carbonyl (C=O) groups is 1. The minimum atomic E-state index is -4.36. The summed E-state index contributed by atoms with van der Waals surface area (Å²) in [6.07, 6.45) is 93.0. The van der Waals surface area contributed by atoms with Crippen molar-refractivity contribution in [1.29, 1.82) is 0 Å². The van der Waals surface area contributed by atoms with E-state index in [9.17, 15) is 19.4 Å². The number of carbonyl (C=O) groups excluding carboxylic acids is 1. The van der Waals surface area contributed by atoms with E-state index in [1.165, 1.54) is 321 Å². The molecule has 0 saturated carbocycles. The normalized spacial score (nSPS) is 13.8. The number of amides is 1. The number of hydrogen-bond acceptors (Lipinski definition) is 5. The van der Waals surface area contributed by atoms with Gasteiger partial charge in [-0.25, -0.2) is 4.57 Å². The molecule has 3 atom stereocenters. The van der Waals surface area contributed by atoms with Gasteiger partial charge in [0.2, 0.25) is 5.91 Å². The second-order valence-electron chi connectivity index (χ2n) is 27.4. The van der Waals surface area contributed by atoms with Crippen LogP contribution in [-0.4, -0.2) is 73.4 Å². The average molecular weight is 1230 g/mol. The Balaban J connectivity index is 3.92. The third kappa shape index (κ3) is 69.9. The van der Waals surface area contributed by atoms with Crippen LogP contribution in [0, 0.1) is 0 Å². The van der Waals surface area contributed by atoms with Gasteiger partial charge in [-0.1, -0.05) is 364 Å². The molecule has 8 nitrogen and oxygen atoms in total. The van der Waals surface area contributed by atoms with Gasteiger partial charge in [0, 0.05) is 6.42 Å². The Morgan fingerprint density at radius 2 is 0.674 bits per heavy atom. The molecule has 0 aromatic heterocycles. The van der Waals surface area contributed by atoms with Gasteiger partial charge in [-0.2, -0.15) is 0 Å². The standard InChI is InChI=1S/C77H149N2O6P/c1-6-8-10-12-14-16-18-20-22-24-26-28-30-31-32-33-34-35-36-37-38-39-40-41-42-43-44-45-46-47-49-51-53-55-57-59-61-63-65-67-69-71-77(81)78-75(74-85-86(82,83)84-73-72-79(3,4)5)76(80)70-68-66-64-62-60-58-56-54-52-50-48-29-27-25-23-21-19-17-15-13-11-9-7-2/h18,20,24,26,60,62,68,70,75-76,80H,6-17,19,21-23,25,27-59,61,63-67,69,71-74H2,1-5H3,(H-,78,81,82,83)/p+1/b20-18-,26-24-,62-60+,70-68+. The minimum Gasteiger partial charge on any atom is -0.387 e. The number of phosphoric acid groups is 1. The Morgan fingerprint density at radius 1 is 0.395 bits per heavy atom. The minimum absolute atomic E-state index is 0.0580. The summed E-state index contributed by atoms with van der Waals surface area (Å²) in [6, 6.07) is -0.863. The maximum atomic E-state index is 13.1. The lowest BCUT2D eigenvalue weighted by molar-refractivity contribution is -0.870. The number of phosphoric ester groups is 1. The molecule has 0 aromatic carbocycles. The molecule has 0 saturated heterocycles. The van der Waals surface area contributed by atoms with Crippen molar-refractivity contribution in [2.75, 3.05) is 40.9 Å². The number of unbranched alkanes of at least 4 members (excludes halogenated alkanes) is 52. The van der Waals surface area contributed by atoms with Crippen LogP contribution in [0.25, 0.3) is 0 Å². The van der Waals surface area contributed by atoms with Gasteiger partial charge in [0.25, 0.3) is 0 Å². The number of quaternary nitrogens is 1. The van der Waals surface area contributed by atoms with Crippen molar-refractivity contribution in [3.8, 4) is 0 Å². The van der Waals surface area contributed by atoms with Crippen LogP contribution < -0.4 is 5.32 Å². The Kier molecular flexibility index (Phi) is 66.6. The highest BCUT2D eigenvalue weighted by atomic mass is 31.2. The van der Waals surface area contributed by atoms with E-state index in [1.54, 1.807) is 6.08 Å². The van der Waals surface area contributed by atoms with E-state index in [0.717, 1.165) is 44.9 Å². The molecule has 0 aliphatic heterocycles. The second kappa shape index (κ2) is 67.8.